The molecule has 1 atom stereocenters. The van der Waals surface area contributed by atoms with E-state index in [1.165, 1.54) is 12.8 Å². The van der Waals surface area contributed by atoms with Crippen LogP contribution in [-0.4, -0.2) is 10.1 Å². The van der Waals surface area contributed by atoms with Crippen LogP contribution in [0.1, 0.15) is 31.7 Å². The molecule has 1 aromatic carbocycles. The summed E-state index contributed by atoms with van der Waals surface area (Å²) in [5.41, 5.74) is 1.18. The van der Waals surface area contributed by atoms with Crippen molar-refractivity contribution >= 4 is 10.9 Å². The first-order valence-corrected chi connectivity index (χ1v) is 6.23. The molecule has 0 spiro atoms. The Bertz CT molecular complexity index is 543. The molecule has 1 aliphatic carbocycles. The van der Waals surface area contributed by atoms with Gasteiger partial charge in [0.15, 0.2) is 0 Å². The van der Waals surface area contributed by atoms with E-state index in [9.17, 15) is 5.11 Å². The highest BCUT2D eigenvalue weighted by Gasteiger charge is 2.33. The maximum atomic E-state index is 10.5. The van der Waals surface area contributed by atoms with Gasteiger partial charge < -0.3 is 5.11 Å². The van der Waals surface area contributed by atoms with E-state index in [0.717, 1.165) is 22.9 Å². The minimum atomic E-state index is -0.738. The van der Waals surface area contributed by atoms with Crippen molar-refractivity contribution in [3.8, 4) is 0 Å². The van der Waals surface area contributed by atoms with Crippen LogP contribution in [0.15, 0.2) is 36.5 Å². The van der Waals surface area contributed by atoms with Crippen LogP contribution in [0.5, 0.6) is 0 Å². The van der Waals surface area contributed by atoms with Crippen LogP contribution in [0.4, 0.5) is 0 Å². The lowest BCUT2D eigenvalue weighted by Crippen LogP contribution is -2.22. The number of para-hydroxylation sites is 1. The van der Waals surface area contributed by atoms with E-state index in [-0.39, 0.29) is 0 Å². The summed E-state index contributed by atoms with van der Waals surface area (Å²) in [5.74, 6) is 0.705. The van der Waals surface area contributed by atoms with Gasteiger partial charge in [0.1, 0.15) is 0 Å². The van der Waals surface area contributed by atoms with E-state index in [1.807, 2.05) is 37.4 Å². The molecule has 3 rings (SSSR count). The topological polar surface area (TPSA) is 33.1 Å². The Balaban J connectivity index is 1.98. The van der Waals surface area contributed by atoms with Gasteiger partial charge in [-0.3, -0.25) is 4.98 Å². The first-order valence-electron chi connectivity index (χ1n) is 6.23. The highest BCUT2D eigenvalue weighted by atomic mass is 16.3. The van der Waals surface area contributed by atoms with Gasteiger partial charge in [0.05, 0.1) is 11.1 Å². The van der Waals surface area contributed by atoms with E-state index < -0.39 is 5.60 Å². The largest absolute Gasteiger partial charge is 0.385 e. The molecule has 17 heavy (non-hydrogen) atoms. The number of benzene rings is 1. The Morgan fingerprint density at radius 2 is 2.12 bits per heavy atom. The fourth-order valence-electron chi connectivity index (χ4n) is 2.37. The molecule has 1 fully saturated rings. The SMILES string of the molecule is CC(O)(CC1CC1)c1cnc2ccccc2c1. The lowest BCUT2D eigenvalue weighted by atomic mass is 9.91. The van der Waals surface area contributed by atoms with Gasteiger partial charge in [0.25, 0.3) is 0 Å². The zero-order chi connectivity index (χ0) is 11.9. The monoisotopic (exact) mass is 227 g/mol. The second-order valence-electron chi connectivity index (χ2n) is 5.34. The van der Waals surface area contributed by atoms with Gasteiger partial charge in [-0.25, -0.2) is 0 Å². The Labute approximate surface area is 101 Å². The molecule has 88 valence electrons. The van der Waals surface area contributed by atoms with Crippen LogP contribution >= 0.6 is 0 Å². The predicted molar refractivity (Wildman–Crippen MR) is 68.7 cm³/mol. The molecule has 2 heteroatoms. The van der Waals surface area contributed by atoms with Gasteiger partial charge in [-0.05, 0) is 31.4 Å². The van der Waals surface area contributed by atoms with Crippen molar-refractivity contribution in [1.29, 1.82) is 0 Å². The average molecular weight is 227 g/mol. The molecule has 0 bridgehead atoms. The van der Waals surface area contributed by atoms with Crippen molar-refractivity contribution in [1.82, 2.24) is 4.98 Å². The Hall–Kier alpha value is -1.41. The standard InChI is InChI=1S/C15H17NO/c1-15(17,9-11-6-7-11)13-8-12-4-2-3-5-14(12)16-10-13/h2-5,8,10-11,17H,6-7,9H2,1H3. The van der Waals surface area contributed by atoms with Crippen LogP contribution in [0.25, 0.3) is 10.9 Å². The molecular formula is C15H17NO. The maximum absolute atomic E-state index is 10.5. The van der Waals surface area contributed by atoms with Gasteiger partial charge in [0, 0.05) is 17.1 Å². The lowest BCUT2D eigenvalue weighted by molar-refractivity contribution is 0.0416. The van der Waals surface area contributed by atoms with Crippen molar-refractivity contribution in [2.45, 2.75) is 31.8 Å². The molecule has 1 unspecified atom stereocenters. The third-order valence-electron chi connectivity index (χ3n) is 3.60. The molecule has 0 radical (unpaired) electrons. The number of hydrogen-bond donors (Lipinski definition) is 1. The van der Waals surface area contributed by atoms with Crippen molar-refractivity contribution in [3.63, 3.8) is 0 Å². The molecular weight excluding hydrogens is 210 g/mol. The van der Waals surface area contributed by atoms with Crippen LogP contribution in [0.2, 0.25) is 0 Å². The molecule has 1 saturated carbocycles. The highest BCUT2D eigenvalue weighted by molar-refractivity contribution is 5.78. The summed E-state index contributed by atoms with van der Waals surface area (Å²) in [7, 11) is 0. The molecule has 0 aliphatic heterocycles. The van der Waals surface area contributed by atoms with Gasteiger partial charge in [0.2, 0.25) is 0 Å². The molecule has 1 heterocycles. The van der Waals surface area contributed by atoms with Gasteiger partial charge >= 0.3 is 0 Å². The predicted octanol–water partition coefficient (Wildman–Crippen LogP) is 3.24. The normalized spacial score (nSPS) is 19.2. The van der Waals surface area contributed by atoms with Gasteiger partial charge in [-0.15, -0.1) is 0 Å². The zero-order valence-electron chi connectivity index (χ0n) is 10.1. The zero-order valence-corrected chi connectivity index (χ0v) is 10.1. The van der Waals surface area contributed by atoms with Crippen LogP contribution < -0.4 is 0 Å². The van der Waals surface area contributed by atoms with Crippen molar-refractivity contribution < 1.29 is 5.11 Å². The molecule has 1 N–H and O–H groups in total. The first-order chi connectivity index (χ1) is 8.15. The van der Waals surface area contributed by atoms with Gasteiger partial charge in [-0.2, -0.15) is 0 Å². The summed E-state index contributed by atoms with van der Waals surface area (Å²) in [6.07, 6.45) is 5.19. The molecule has 0 saturated heterocycles. The van der Waals surface area contributed by atoms with Crippen molar-refractivity contribution in [2.24, 2.45) is 5.92 Å². The maximum Gasteiger partial charge on any atom is 0.0886 e. The van der Waals surface area contributed by atoms with Crippen LogP contribution in [-0.2, 0) is 5.60 Å². The molecule has 0 amide bonds. The second kappa shape index (κ2) is 3.81. The number of rotatable bonds is 3. The van der Waals surface area contributed by atoms with E-state index in [4.69, 9.17) is 0 Å². The summed E-state index contributed by atoms with van der Waals surface area (Å²) < 4.78 is 0. The smallest absolute Gasteiger partial charge is 0.0886 e. The summed E-state index contributed by atoms with van der Waals surface area (Å²) >= 11 is 0. The number of aromatic nitrogens is 1. The molecule has 1 aromatic heterocycles. The van der Waals surface area contributed by atoms with Crippen LogP contribution in [0.3, 0.4) is 0 Å². The molecule has 2 nitrogen and oxygen atoms in total. The summed E-state index contributed by atoms with van der Waals surface area (Å²) in [4.78, 5) is 4.42. The van der Waals surface area contributed by atoms with E-state index in [0.29, 0.717) is 5.92 Å². The summed E-state index contributed by atoms with van der Waals surface area (Å²) in [5, 5.41) is 11.6. The van der Waals surface area contributed by atoms with E-state index >= 15 is 0 Å². The fourth-order valence-corrected chi connectivity index (χ4v) is 2.37. The Kier molecular flexibility index (Phi) is 2.40. The molecule has 2 aromatic rings. The van der Waals surface area contributed by atoms with E-state index in [1.54, 1.807) is 0 Å². The second-order valence-corrected chi connectivity index (χ2v) is 5.34. The third-order valence-corrected chi connectivity index (χ3v) is 3.60. The first kappa shape index (κ1) is 10.7. The minimum Gasteiger partial charge on any atom is -0.385 e. The highest BCUT2D eigenvalue weighted by Crippen LogP contribution is 2.40. The lowest BCUT2D eigenvalue weighted by Gasteiger charge is -2.23. The average Bonchev–Trinajstić information content (AvgIpc) is 3.11. The Morgan fingerprint density at radius 3 is 2.88 bits per heavy atom. The molecule has 1 aliphatic rings. The van der Waals surface area contributed by atoms with Crippen LogP contribution in [0, 0.1) is 5.92 Å². The van der Waals surface area contributed by atoms with E-state index in [2.05, 4.69) is 11.1 Å². The fraction of sp³-hybridized carbons (Fsp3) is 0.400. The van der Waals surface area contributed by atoms with Gasteiger partial charge in [-0.1, -0.05) is 31.0 Å². The number of fused-ring (bicyclic) bond motifs is 1. The Morgan fingerprint density at radius 1 is 1.35 bits per heavy atom. The third kappa shape index (κ3) is 2.18. The number of aliphatic hydroxyl groups is 1. The summed E-state index contributed by atoms with van der Waals surface area (Å²) in [6.45, 7) is 1.90. The quantitative estimate of drug-likeness (QED) is 0.873. The summed E-state index contributed by atoms with van der Waals surface area (Å²) in [6, 6.07) is 10.1. The number of pyridine rings is 1. The van der Waals surface area contributed by atoms with Crippen molar-refractivity contribution in [2.75, 3.05) is 0 Å². The van der Waals surface area contributed by atoms with Crippen molar-refractivity contribution in [3.05, 3.63) is 42.1 Å². The number of hydrogen-bond acceptors (Lipinski definition) is 2. The number of nitrogens with zero attached hydrogens (tertiary/aromatic N) is 1. The minimum absolute atomic E-state index is 0.705.